The van der Waals surface area contributed by atoms with Crippen LogP contribution in [0.5, 0.6) is 0 Å². The van der Waals surface area contributed by atoms with Crippen molar-refractivity contribution in [2.75, 3.05) is 6.61 Å². The molecule has 0 aromatic carbocycles. The number of aliphatic hydroxyl groups excluding tert-OH is 4. The number of carbonyl (C=O) groups excluding carboxylic acids is 2. The third kappa shape index (κ3) is 4.30. The van der Waals surface area contributed by atoms with Crippen molar-refractivity contribution in [2.24, 2.45) is 22.6 Å². The first-order chi connectivity index (χ1) is 12.7. The number of aliphatic hydroxyl groups is 4. The lowest BCUT2D eigenvalue weighted by molar-refractivity contribution is -0.107. The van der Waals surface area contributed by atoms with E-state index in [1.54, 1.807) is 0 Å². The maximum absolute atomic E-state index is 11.8. The average molecular weight is 380 g/mol. The van der Waals surface area contributed by atoms with Crippen LogP contribution in [-0.2, 0) is 11.3 Å². The van der Waals surface area contributed by atoms with Crippen molar-refractivity contribution in [1.29, 1.82) is 0 Å². The maximum atomic E-state index is 11.8. The van der Waals surface area contributed by atoms with E-state index in [2.05, 4.69) is 9.98 Å². The molecule has 0 fully saturated rings. The van der Waals surface area contributed by atoms with Crippen LogP contribution < -0.4 is 21.9 Å². The monoisotopic (exact) mass is 380 g/mol. The standard InChI is InChI=1S/C17H24N4O6/c1-8-3-10-11(4-9(8)2)21(5-12(24)15(26)13(25)6-22)17(19-7-23)14(20-10)16(18)27/h3-4,7-9,12-13,15,22,24-26H,5-6H2,1-2H3,(H2,18,27). The van der Waals surface area contributed by atoms with Crippen molar-refractivity contribution < 1.29 is 30.0 Å². The molecule has 5 atom stereocenters. The van der Waals surface area contributed by atoms with Crippen molar-refractivity contribution in [3.63, 3.8) is 0 Å². The quantitative estimate of drug-likeness (QED) is 0.300. The van der Waals surface area contributed by atoms with Crippen LogP contribution in [0.15, 0.2) is 4.99 Å². The van der Waals surface area contributed by atoms with Crippen molar-refractivity contribution in [1.82, 2.24) is 9.55 Å². The van der Waals surface area contributed by atoms with Gasteiger partial charge in [-0.1, -0.05) is 26.0 Å². The fraction of sp³-hybridized carbons (Fsp3) is 0.529. The average Bonchev–Trinajstić information content (AvgIpc) is 2.63. The summed E-state index contributed by atoms with van der Waals surface area (Å²) in [4.78, 5) is 30.7. The number of hydrogen-bond donors (Lipinski definition) is 5. The third-order valence-corrected chi connectivity index (χ3v) is 4.68. The van der Waals surface area contributed by atoms with Crippen molar-refractivity contribution in [2.45, 2.75) is 38.7 Å². The zero-order valence-electron chi connectivity index (χ0n) is 15.1. The molecule has 5 unspecified atom stereocenters. The molecule has 6 N–H and O–H groups in total. The van der Waals surface area contributed by atoms with E-state index in [-0.39, 0.29) is 36.0 Å². The number of rotatable bonds is 7. The number of carbonyl (C=O) groups is 2. The van der Waals surface area contributed by atoms with Crippen LogP contribution in [0.4, 0.5) is 0 Å². The van der Waals surface area contributed by atoms with E-state index < -0.39 is 30.8 Å². The lowest BCUT2D eigenvalue weighted by Crippen LogP contribution is -2.54. The van der Waals surface area contributed by atoms with E-state index in [1.807, 2.05) is 26.0 Å². The third-order valence-electron chi connectivity index (χ3n) is 4.68. The Bertz CT molecular complexity index is 909. The van der Waals surface area contributed by atoms with Gasteiger partial charge in [-0.15, -0.1) is 0 Å². The Morgan fingerprint density at radius 1 is 1.30 bits per heavy atom. The predicted molar refractivity (Wildman–Crippen MR) is 94.0 cm³/mol. The zero-order valence-corrected chi connectivity index (χ0v) is 15.1. The van der Waals surface area contributed by atoms with Gasteiger partial charge < -0.3 is 30.7 Å². The summed E-state index contributed by atoms with van der Waals surface area (Å²) in [6.07, 6.45) is -0.836. The molecule has 0 spiro atoms. The number of hydrogen-bond acceptors (Lipinski definition) is 7. The Labute approximate surface area is 154 Å². The van der Waals surface area contributed by atoms with Crippen molar-refractivity contribution >= 4 is 24.5 Å². The Kier molecular flexibility index (Phi) is 6.60. The van der Waals surface area contributed by atoms with Crippen LogP contribution in [0.25, 0.3) is 12.2 Å². The topological polar surface area (TPSA) is 171 Å². The van der Waals surface area contributed by atoms with Crippen LogP contribution in [0, 0.1) is 11.8 Å². The number of fused-ring (bicyclic) bond motifs is 1. The first-order valence-corrected chi connectivity index (χ1v) is 8.48. The lowest BCUT2D eigenvalue weighted by Gasteiger charge is -2.24. The molecule has 10 nitrogen and oxygen atoms in total. The first-order valence-electron chi connectivity index (χ1n) is 8.48. The van der Waals surface area contributed by atoms with Gasteiger partial charge in [0, 0.05) is 0 Å². The number of primary amides is 1. The minimum absolute atomic E-state index is 0.0964. The van der Waals surface area contributed by atoms with Gasteiger partial charge in [0.05, 0.1) is 23.8 Å². The Morgan fingerprint density at radius 3 is 2.48 bits per heavy atom. The molecule has 10 heteroatoms. The first kappa shape index (κ1) is 20.9. The number of aromatic nitrogens is 2. The highest BCUT2D eigenvalue weighted by atomic mass is 16.4. The van der Waals surface area contributed by atoms with Crippen LogP contribution in [0.3, 0.4) is 0 Å². The summed E-state index contributed by atoms with van der Waals surface area (Å²) < 4.78 is 1.35. The normalized spacial score (nSPS) is 22.8. The molecule has 0 aliphatic heterocycles. The minimum atomic E-state index is -1.66. The van der Waals surface area contributed by atoms with E-state index in [0.717, 1.165) is 0 Å². The predicted octanol–water partition coefficient (Wildman–Crippen LogP) is -4.04. The van der Waals surface area contributed by atoms with E-state index in [0.29, 0.717) is 10.7 Å². The van der Waals surface area contributed by atoms with Crippen LogP contribution in [0.2, 0.25) is 0 Å². The van der Waals surface area contributed by atoms with Crippen LogP contribution in [0.1, 0.15) is 24.3 Å². The van der Waals surface area contributed by atoms with Gasteiger partial charge in [-0.2, -0.15) is 4.99 Å². The van der Waals surface area contributed by atoms with Gasteiger partial charge in [0.25, 0.3) is 5.91 Å². The molecule has 1 aliphatic carbocycles. The smallest absolute Gasteiger partial charge is 0.271 e. The highest BCUT2D eigenvalue weighted by molar-refractivity contribution is 5.90. The van der Waals surface area contributed by atoms with Crippen LogP contribution >= 0.6 is 0 Å². The Balaban J connectivity index is 2.76. The second kappa shape index (κ2) is 8.53. The zero-order chi connectivity index (χ0) is 20.3. The fourth-order valence-corrected chi connectivity index (χ4v) is 2.90. The molecular weight excluding hydrogens is 356 g/mol. The van der Waals surface area contributed by atoms with Gasteiger partial charge in [0.1, 0.15) is 18.3 Å². The second-order valence-electron chi connectivity index (χ2n) is 6.62. The molecule has 2 amide bonds. The number of nitrogens with two attached hydrogens (primary N) is 1. The minimum Gasteiger partial charge on any atom is -0.394 e. The van der Waals surface area contributed by atoms with E-state index in [1.165, 1.54) is 4.57 Å². The Hall–Kier alpha value is -2.40. The molecule has 0 bridgehead atoms. The molecule has 1 aromatic heterocycles. The number of nitrogens with zero attached hydrogens (tertiary/aromatic N) is 3. The number of amides is 2. The molecule has 1 aromatic rings. The maximum Gasteiger partial charge on any atom is 0.271 e. The molecule has 0 saturated carbocycles. The molecule has 0 radical (unpaired) electrons. The molecule has 1 heterocycles. The molecule has 2 rings (SSSR count). The molecule has 1 aliphatic rings. The fourth-order valence-electron chi connectivity index (χ4n) is 2.90. The largest absolute Gasteiger partial charge is 0.394 e. The van der Waals surface area contributed by atoms with Gasteiger partial charge in [0.15, 0.2) is 11.2 Å². The van der Waals surface area contributed by atoms with E-state index >= 15 is 0 Å². The summed E-state index contributed by atoms with van der Waals surface area (Å²) in [6.45, 7) is 2.87. The second-order valence-corrected chi connectivity index (χ2v) is 6.62. The van der Waals surface area contributed by atoms with Crippen molar-refractivity contribution in [3.8, 4) is 0 Å². The van der Waals surface area contributed by atoms with E-state index in [4.69, 9.17) is 10.8 Å². The summed E-state index contributed by atoms with van der Waals surface area (Å²) in [6, 6.07) is 0. The molecule has 148 valence electrons. The molecule has 0 saturated heterocycles. The SMILES string of the molecule is CC1C=c2nc(C(N)=O)c(=NC=O)n(CC(O)C(O)C(O)CO)c2=CC1C. The van der Waals surface area contributed by atoms with Crippen LogP contribution in [-0.4, -0.2) is 67.2 Å². The summed E-state index contributed by atoms with van der Waals surface area (Å²) in [5, 5.41) is 39.7. The summed E-state index contributed by atoms with van der Waals surface area (Å²) in [5.41, 5.74) is 4.96. The van der Waals surface area contributed by atoms with Gasteiger partial charge in [-0.25, -0.2) is 4.98 Å². The highest BCUT2D eigenvalue weighted by Gasteiger charge is 2.26. The summed E-state index contributed by atoms with van der Waals surface area (Å²) >= 11 is 0. The summed E-state index contributed by atoms with van der Waals surface area (Å²) in [7, 11) is 0. The highest BCUT2D eigenvalue weighted by Crippen LogP contribution is 2.15. The van der Waals surface area contributed by atoms with Gasteiger partial charge in [-0.3, -0.25) is 9.59 Å². The van der Waals surface area contributed by atoms with Gasteiger partial charge >= 0.3 is 0 Å². The van der Waals surface area contributed by atoms with E-state index in [9.17, 15) is 24.9 Å². The Morgan fingerprint density at radius 2 is 1.93 bits per heavy atom. The summed E-state index contributed by atoms with van der Waals surface area (Å²) in [5.74, 6) is -0.684. The lowest BCUT2D eigenvalue weighted by atomic mass is 9.92. The van der Waals surface area contributed by atoms with Gasteiger partial charge in [0.2, 0.25) is 6.41 Å². The van der Waals surface area contributed by atoms with Gasteiger partial charge in [-0.05, 0) is 11.8 Å². The molecular formula is C17H24N4O6. The van der Waals surface area contributed by atoms with Crippen molar-refractivity contribution in [3.05, 3.63) is 21.9 Å². The molecule has 27 heavy (non-hydrogen) atoms.